The molecule has 0 fully saturated rings. The van der Waals surface area contributed by atoms with Crippen molar-refractivity contribution in [3.8, 4) is 0 Å². The summed E-state index contributed by atoms with van der Waals surface area (Å²) < 4.78 is 11.5. The van der Waals surface area contributed by atoms with Gasteiger partial charge < -0.3 is 9.47 Å². The molecule has 0 bridgehead atoms. The zero-order chi connectivity index (χ0) is 14.0. The Morgan fingerprint density at radius 1 is 0.889 bits per heavy atom. The van der Waals surface area contributed by atoms with Crippen LogP contribution in [0.2, 0.25) is 0 Å². The molecule has 18 heavy (non-hydrogen) atoms. The lowest BCUT2D eigenvalue weighted by Gasteiger charge is -2.39. The molecule has 1 unspecified atom stereocenters. The summed E-state index contributed by atoms with van der Waals surface area (Å²) in [6.07, 6.45) is 3.66. The Kier molecular flexibility index (Phi) is 9.76. The van der Waals surface area contributed by atoms with E-state index in [1.165, 1.54) is 19.3 Å². The maximum Gasteiger partial charge on any atom is 0.0546 e. The molecule has 0 amide bonds. The van der Waals surface area contributed by atoms with E-state index in [4.69, 9.17) is 9.47 Å². The lowest BCUT2D eigenvalue weighted by atomic mass is 9.72. The van der Waals surface area contributed by atoms with Crippen molar-refractivity contribution in [1.29, 1.82) is 0 Å². The van der Waals surface area contributed by atoms with Gasteiger partial charge in [-0.15, -0.1) is 0 Å². The van der Waals surface area contributed by atoms with Crippen molar-refractivity contribution >= 4 is 0 Å². The van der Waals surface area contributed by atoms with E-state index in [1.54, 1.807) is 0 Å². The van der Waals surface area contributed by atoms with Crippen LogP contribution in [-0.2, 0) is 9.47 Å². The van der Waals surface area contributed by atoms with E-state index >= 15 is 0 Å². The van der Waals surface area contributed by atoms with Crippen molar-refractivity contribution in [1.82, 2.24) is 0 Å². The molecule has 1 atom stereocenters. The van der Waals surface area contributed by atoms with Gasteiger partial charge in [-0.3, -0.25) is 0 Å². The van der Waals surface area contributed by atoms with Gasteiger partial charge in [0, 0.05) is 18.6 Å². The van der Waals surface area contributed by atoms with Crippen molar-refractivity contribution in [3.63, 3.8) is 0 Å². The highest BCUT2D eigenvalue weighted by atomic mass is 16.5. The van der Waals surface area contributed by atoms with Crippen molar-refractivity contribution in [2.24, 2.45) is 17.3 Å². The van der Waals surface area contributed by atoms with E-state index in [2.05, 4.69) is 41.5 Å². The predicted octanol–water partition coefficient (Wildman–Crippen LogP) is 4.53. The smallest absolute Gasteiger partial charge is 0.0546 e. The van der Waals surface area contributed by atoms with E-state index in [0.717, 1.165) is 32.3 Å². The molecule has 2 heteroatoms. The van der Waals surface area contributed by atoms with E-state index < -0.39 is 0 Å². The summed E-state index contributed by atoms with van der Waals surface area (Å²) in [6, 6.07) is 0. The van der Waals surface area contributed by atoms with Crippen LogP contribution in [0.25, 0.3) is 0 Å². The molecule has 0 rings (SSSR count). The first-order valence-corrected chi connectivity index (χ1v) is 7.67. The Hall–Kier alpha value is -0.0800. The Bertz CT molecular complexity index is 182. The number of rotatable bonds is 11. The molecule has 0 aliphatic carbocycles. The SMILES string of the molecule is CCOCC(CCC(C)C)(COCC)C(C)CC. The van der Waals surface area contributed by atoms with Gasteiger partial charge in [-0.05, 0) is 32.1 Å². The number of hydrogen-bond acceptors (Lipinski definition) is 2. The Morgan fingerprint density at radius 3 is 1.72 bits per heavy atom. The molecular formula is C16H34O2. The number of ether oxygens (including phenoxy) is 2. The molecule has 0 heterocycles. The first kappa shape index (κ1) is 17.9. The van der Waals surface area contributed by atoms with Crippen molar-refractivity contribution in [3.05, 3.63) is 0 Å². The van der Waals surface area contributed by atoms with Gasteiger partial charge in [0.1, 0.15) is 0 Å². The minimum absolute atomic E-state index is 0.199. The summed E-state index contributed by atoms with van der Waals surface area (Å²) in [4.78, 5) is 0. The van der Waals surface area contributed by atoms with Gasteiger partial charge >= 0.3 is 0 Å². The lowest BCUT2D eigenvalue weighted by molar-refractivity contribution is -0.0555. The second kappa shape index (κ2) is 9.80. The van der Waals surface area contributed by atoms with E-state index in [9.17, 15) is 0 Å². The van der Waals surface area contributed by atoms with Crippen LogP contribution in [0.5, 0.6) is 0 Å². The van der Waals surface area contributed by atoms with E-state index in [0.29, 0.717) is 5.92 Å². The average Bonchev–Trinajstić information content (AvgIpc) is 2.37. The maximum absolute atomic E-state index is 5.77. The summed E-state index contributed by atoms with van der Waals surface area (Å²) >= 11 is 0. The minimum atomic E-state index is 0.199. The second-order valence-corrected chi connectivity index (χ2v) is 5.88. The highest BCUT2D eigenvalue weighted by molar-refractivity contribution is 4.84. The molecule has 110 valence electrons. The van der Waals surface area contributed by atoms with Crippen LogP contribution in [0.15, 0.2) is 0 Å². The quantitative estimate of drug-likeness (QED) is 0.542. The Balaban J connectivity index is 4.73. The third-order valence-electron chi connectivity index (χ3n) is 4.06. The highest BCUT2D eigenvalue weighted by Crippen LogP contribution is 2.37. The van der Waals surface area contributed by atoms with Gasteiger partial charge in [-0.25, -0.2) is 0 Å². The third kappa shape index (κ3) is 6.19. The van der Waals surface area contributed by atoms with Gasteiger partial charge in [-0.1, -0.05) is 40.5 Å². The molecule has 0 spiro atoms. The van der Waals surface area contributed by atoms with Gasteiger partial charge in [0.05, 0.1) is 13.2 Å². The molecule has 0 radical (unpaired) electrons. The lowest BCUT2D eigenvalue weighted by Crippen LogP contribution is -2.39. The summed E-state index contributed by atoms with van der Waals surface area (Å²) in [5, 5.41) is 0. The Labute approximate surface area is 114 Å². The normalized spacial score (nSPS) is 14.2. The van der Waals surface area contributed by atoms with Crippen LogP contribution in [0, 0.1) is 17.3 Å². The summed E-state index contributed by atoms with van der Waals surface area (Å²) in [5.41, 5.74) is 0.199. The standard InChI is InChI=1S/C16H34O2/c1-7-15(6)16(12-17-8-2,13-18-9-3)11-10-14(4)5/h14-15H,7-13H2,1-6H3. The third-order valence-corrected chi connectivity index (χ3v) is 4.06. The first-order chi connectivity index (χ1) is 8.52. The van der Waals surface area contributed by atoms with Crippen LogP contribution >= 0.6 is 0 Å². The van der Waals surface area contributed by atoms with Crippen molar-refractivity contribution < 1.29 is 9.47 Å². The predicted molar refractivity (Wildman–Crippen MR) is 78.9 cm³/mol. The molecular weight excluding hydrogens is 224 g/mol. The fourth-order valence-corrected chi connectivity index (χ4v) is 2.34. The van der Waals surface area contributed by atoms with Crippen LogP contribution in [0.1, 0.15) is 60.8 Å². The second-order valence-electron chi connectivity index (χ2n) is 5.88. The first-order valence-electron chi connectivity index (χ1n) is 7.67. The zero-order valence-electron chi connectivity index (χ0n) is 13.4. The molecule has 0 aromatic heterocycles. The summed E-state index contributed by atoms with van der Waals surface area (Å²) in [7, 11) is 0. The zero-order valence-corrected chi connectivity index (χ0v) is 13.4. The molecule has 0 aromatic carbocycles. The van der Waals surface area contributed by atoms with Gasteiger partial charge in [0.2, 0.25) is 0 Å². The van der Waals surface area contributed by atoms with Gasteiger partial charge in [0.25, 0.3) is 0 Å². The van der Waals surface area contributed by atoms with Gasteiger partial charge in [0.15, 0.2) is 0 Å². The average molecular weight is 258 g/mol. The summed E-state index contributed by atoms with van der Waals surface area (Å²) in [6.45, 7) is 16.6. The Morgan fingerprint density at radius 2 is 1.39 bits per heavy atom. The number of hydrogen-bond donors (Lipinski definition) is 0. The van der Waals surface area contributed by atoms with Crippen LogP contribution in [0.4, 0.5) is 0 Å². The van der Waals surface area contributed by atoms with E-state index in [1.807, 2.05) is 0 Å². The fourth-order valence-electron chi connectivity index (χ4n) is 2.34. The monoisotopic (exact) mass is 258 g/mol. The maximum atomic E-state index is 5.77. The van der Waals surface area contributed by atoms with Crippen LogP contribution in [-0.4, -0.2) is 26.4 Å². The largest absolute Gasteiger partial charge is 0.381 e. The molecule has 2 nitrogen and oxygen atoms in total. The molecule has 0 saturated carbocycles. The van der Waals surface area contributed by atoms with Crippen LogP contribution in [0.3, 0.4) is 0 Å². The topological polar surface area (TPSA) is 18.5 Å². The van der Waals surface area contributed by atoms with Gasteiger partial charge in [-0.2, -0.15) is 0 Å². The summed E-state index contributed by atoms with van der Waals surface area (Å²) in [5.74, 6) is 1.39. The molecule has 0 aliphatic rings. The van der Waals surface area contributed by atoms with E-state index in [-0.39, 0.29) is 5.41 Å². The van der Waals surface area contributed by atoms with Crippen molar-refractivity contribution in [2.45, 2.75) is 60.8 Å². The molecule has 0 aliphatic heterocycles. The minimum Gasteiger partial charge on any atom is -0.381 e. The fraction of sp³-hybridized carbons (Fsp3) is 1.00. The molecule has 0 aromatic rings. The highest BCUT2D eigenvalue weighted by Gasteiger charge is 2.35. The van der Waals surface area contributed by atoms with Crippen LogP contribution < -0.4 is 0 Å². The molecule has 0 saturated heterocycles. The van der Waals surface area contributed by atoms with Crippen molar-refractivity contribution in [2.75, 3.05) is 26.4 Å². The molecule has 0 N–H and O–H groups in total.